The molecule has 5 nitrogen and oxygen atoms in total. The summed E-state index contributed by atoms with van der Waals surface area (Å²) >= 11 is 5.85. The lowest BCUT2D eigenvalue weighted by atomic mass is 10.2. The van der Waals surface area contributed by atoms with E-state index in [0.29, 0.717) is 35.3 Å². The van der Waals surface area contributed by atoms with Gasteiger partial charge in [0, 0.05) is 30.0 Å². The first-order valence-corrected chi connectivity index (χ1v) is 7.46. The zero-order valence-electron chi connectivity index (χ0n) is 12.0. The SMILES string of the molecule is O=C(Nc1ccc(Cl)cc1)c1cccnc1N1CCOCC1. The Morgan fingerprint density at radius 2 is 1.91 bits per heavy atom. The number of pyridine rings is 1. The molecule has 22 heavy (non-hydrogen) atoms. The number of hydrogen-bond acceptors (Lipinski definition) is 4. The van der Waals surface area contributed by atoms with Gasteiger partial charge in [0.1, 0.15) is 5.82 Å². The van der Waals surface area contributed by atoms with Crippen LogP contribution in [0.4, 0.5) is 11.5 Å². The minimum Gasteiger partial charge on any atom is -0.378 e. The first-order chi connectivity index (χ1) is 10.7. The van der Waals surface area contributed by atoms with Gasteiger partial charge in [-0.1, -0.05) is 11.6 Å². The second-order valence-electron chi connectivity index (χ2n) is 4.94. The lowest BCUT2D eigenvalue weighted by Crippen LogP contribution is -2.38. The van der Waals surface area contributed by atoms with E-state index < -0.39 is 0 Å². The highest BCUT2D eigenvalue weighted by Crippen LogP contribution is 2.20. The predicted molar refractivity (Wildman–Crippen MR) is 86.7 cm³/mol. The highest BCUT2D eigenvalue weighted by Gasteiger charge is 2.19. The topological polar surface area (TPSA) is 54.5 Å². The largest absolute Gasteiger partial charge is 0.378 e. The first kappa shape index (κ1) is 14.8. The molecule has 0 bridgehead atoms. The van der Waals surface area contributed by atoms with Crippen LogP contribution in [-0.2, 0) is 4.74 Å². The van der Waals surface area contributed by atoms with E-state index in [0.717, 1.165) is 13.1 Å². The third kappa shape index (κ3) is 3.37. The molecule has 0 aliphatic carbocycles. The van der Waals surface area contributed by atoms with Crippen LogP contribution in [0.1, 0.15) is 10.4 Å². The molecule has 0 unspecified atom stereocenters. The maximum atomic E-state index is 12.5. The van der Waals surface area contributed by atoms with E-state index in [9.17, 15) is 4.79 Å². The minimum atomic E-state index is -0.183. The van der Waals surface area contributed by atoms with Crippen LogP contribution in [-0.4, -0.2) is 37.2 Å². The summed E-state index contributed by atoms with van der Waals surface area (Å²) < 4.78 is 5.35. The van der Waals surface area contributed by atoms with Crippen molar-refractivity contribution >= 4 is 29.0 Å². The van der Waals surface area contributed by atoms with Crippen LogP contribution in [0.5, 0.6) is 0 Å². The summed E-state index contributed by atoms with van der Waals surface area (Å²) in [6.45, 7) is 2.76. The molecule has 1 amide bonds. The van der Waals surface area contributed by atoms with Crippen molar-refractivity contribution in [3.8, 4) is 0 Å². The van der Waals surface area contributed by atoms with Crippen LogP contribution < -0.4 is 10.2 Å². The smallest absolute Gasteiger partial charge is 0.259 e. The molecule has 1 aliphatic rings. The monoisotopic (exact) mass is 317 g/mol. The summed E-state index contributed by atoms with van der Waals surface area (Å²) in [5.74, 6) is 0.508. The first-order valence-electron chi connectivity index (χ1n) is 7.09. The summed E-state index contributed by atoms with van der Waals surface area (Å²) in [6.07, 6.45) is 1.70. The third-order valence-electron chi connectivity index (χ3n) is 3.44. The van der Waals surface area contributed by atoms with E-state index in [4.69, 9.17) is 16.3 Å². The molecule has 1 fully saturated rings. The Bertz CT molecular complexity index is 655. The normalized spacial score (nSPS) is 14.7. The molecule has 1 saturated heterocycles. The molecule has 1 aromatic heterocycles. The minimum absolute atomic E-state index is 0.183. The Hall–Kier alpha value is -2.11. The van der Waals surface area contributed by atoms with Gasteiger partial charge in [0.25, 0.3) is 5.91 Å². The Balaban J connectivity index is 1.81. The molecule has 1 aliphatic heterocycles. The maximum absolute atomic E-state index is 12.5. The Morgan fingerprint density at radius 1 is 1.18 bits per heavy atom. The standard InChI is InChI=1S/C16H16ClN3O2/c17-12-3-5-13(6-4-12)19-16(21)14-2-1-7-18-15(14)20-8-10-22-11-9-20/h1-7H,8-11H2,(H,19,21). The zero-order chi connectivity index (χ0) is 15.4. The Kier molecular flexibility index (Phi) is 4.56. The van der Waals surface area contributed by atoms with Crippen LogP contribution in [0.2, 0.25) is 5.02 Å². The van der Waals surface area contributed by atoms with Crippen molar-refractivity contribution in [2.75, 3.05) is 36.5 Å². The highest BCUT2D eigenvalue weighted by molar-refractivity contribution is 6.30. The van der Waals surface area contributed by atoms with Gasteiger partial charge in [0.2, 0.25) is 0 Å². The number of anilines is 2. The van der Waals surface area contributed by atoms with Crippen LogP contribution in [0.3, 0.4) is 0 Å². The molecule has 6 heteroatoms. The quantitative estimate of drug-likeness (QED) is 0.946. The second kappa shape index (κ2) is 6.77. The Morgan fingerprint density at radius 3 is 2.64 bits per heavy atom. The van der Waals surface area contributed by atoms with Gasteiger partial charge in [-0.3, -0.25) is 4.79 Å². The third-order valence-corrected chi connectivity index (χ3v) is 3.70. The van der Waals surface area contributed by atoms with Gasteiger partial charge >= 0.3 is 0 Å². The van der Waals surface area contributed by atoms with E-state index in [1.165, 1.54) is 0 Å². The number of carbonyl (C=O) groups is 1. The van der Waals surface area contributed by atoms with Gasteiger partial charge in [-0.05, 0) is 36.4 Å². The average molecular weight is 318 g/mol. The van der Waals surface area contributed by atoms with Gasteiger partial charge in [-0.15, -0.1) is 0 Å². The van der Waals surface area contributed by atoms with E-state index >= 15 is 0 Å². The van der Waals surface area contributed by atoms with Crippen LogP contribution in [0, 0.1) is 0 Å². The van der Waals surface area contributed by atoms with Gasteiger partial charge in [-0.2, -0.15) is 0 Å². The summed E-state index contributed by atoms with van der Waals surface area (Å²) in [5, 5.41) is 3.50. The Labute approximate surface area is 133 Å². The van der Waals surface area contributed by atoms with Crippen molar-refractivity contribution in [3.05, 3.63) is 53.2 Å². The molecule has 2 heterocycles. The summed E-state index contributed by atoms with van der Waals surface area (Å²) in [7, 11) is 0. The number of halogens is 1. The predicted octanol–water partition coefficient (Wildman–Crippen LogP) is 2.82. The van der Waals surface area contributed by atoms with Crippen LogP contribution in [0.15, 0.2) is 42.6 Å². The van der Waals surface area contributed by atoms with Crippen LogP contribution >= 0.6 is 11.6 Å². The fourth-order valence-corrected chi connectivity index (χ4v) is 2.46. The molecule has 0 saturated carbocycles. The van der Waals surface area contributed by atoms with E-state index in [1.54, 1.807) is 42.6 Å². The lowest BCUT2D eigenvalue weighted by molar-refractivity contribution is 0.102. The van der Waals surface area contributed by atoms with Crippen LogP contribution in [0.25, 0.3) is 0 Å². The van der Waals surface area contributed by atoms with E-state index in [-0.39, 0.29) is 5.91 Å². The molecule has 0 atom stereocenters. The van der Waals surface area contributed by atoms with Crippen molar-refractivity contribution in [3.63, 3.8) is 0 Å². The molecule has 3 rings (SSSR count). The molecular formula is C16H16ClN3O2. The average Bonchev–Trinajstić information content (AvgIpc) is 2.58. The molecule has 0 radical (unpaired) electrons. The molecule has 1 aromatic carbocycles. The number of nitrogens with zero attached hydrogens (tertiary/aromatic N) is 2. The lowest BCUT2D eigenvalue weighted by Gasteiger charge is -2.29. The summed E-state index contributed by atoms with van der Waals surface area (Å²) in [4.78, 5) is 19.0. The van der Waals surface area contributed by atoms with Gasteiger partial charge in [0.15, 0.2) is 0 Å². The van der Waals surface area contributed by atoms with Crippen molar-refractivity contribution in [2.45, 2.75) is 0 Å². The van der Waals surface area contributed by atoms with Crippen molar-refractivity contribution in [2.24, 2.45) is 0 Å². The number of carbonyl (C=O) groups excluding carboxylic acids is 1. The van der Waals surface area contributed by atoms with Crippen molar-refractivity contribution < 1.29 is 9.53 Å². The molecule has 1 N–H and O–H groups in total. The van der Waals surface area contributed by atoms with Gasteiger partial charge in [0.05, 0.1) is 18.8 Å². The number of hydrogen-bond donors (Lipinski definition) is 1. The fourth-order valence-electron chi connectivity index (χ4n) is 2.33. The number of morpholine rings is 1. The number of nitrogens with one attached hydrogen (secondary N) is 1. The van der Waals surface area contributed by atoms with Crippen molar-refractivity contribution in [1.29, 1.82) is 0 Å². The summed E-state index contributed by atoms with van der Waals surface area (Å²) in [6, 6.07) is 10.6. The fraction of sp³-hybridized carbons (Fsp3) is 0.250. The summed E-state index contributed by atoms with van der Waals surface area (Å²) in [5.41, 5.74) is 1.26. The number of aromatic nitrogens is 1. The molecule has 114 valence electrons. The number of rotatable bonds is 3. The molecular weight excluding hydrogens is 302 g/mol. The number of ether oxygens (including phenoxy) is 1. The van der Waals surface area contributed by atoms with Crippen molar-refractivity contribution in [1.82, 2.24) is 4.98 Å². The number of amides is 1. The van der Waals surface area contributed by atoms with E-state index in [2.05, 4.69) is 15.2 Å². The highest BCUT2D eigenvalue weighted by atomic mass is 35.5. The number of benzene rings is 1. The molecule has 0 spiro atoms. The van der Waals surface area contributed by atoms with E-state index in [1.807, 2.05) is 0 Å². The second-order valence-corrected chi connectivity index (χ2v) is 5.37. The van der Waals surface area contributed by atoms with Gasteiger partial charge < -0.3 is 15.0 Å². The van der Waals surface area contributed by atoms with Gasteiger partial charge in [-0.25, -0.2) is 4.98 Å². The molecule has 2 aromatic rings. The maximum Gasteiger partial charge on any atom is 0.259 e. The zero-order valence-corrected chi connectivity index (χ0v) is 12.7.